The second-order valence-corrected chi connectivity index (χ2v) is 4.09. The van der Waals surface area contributed by atoms with Crippen LogP contribution in [-0.2, 0) is 4.79 Å². The fourth-order valence-corrected chi connectivity index (χ4v) is 1.44. The van der Waals surface area contributed by atoms with E-state index in [1.165, 1.54) is 0 Å². The molecular weight excluding hydrogens is 202 g/mol. The van der Waals surface area contributed by atoms with Gasteiger partial charge in [-0.3, -0.25) is 4.79 Å². The van der Waals surface area contributed by atoms with Crippen LogP contribution >= 0.6 is 0 Å². The summed E-state index contributed by atoms with van der Waals surface area (Å²) in [7, 11) is 3.88. The van der Waals surface area contributed by atoms with Gasteiger partial charge in [0.25, 0.3) is 0 Å². The number of nitrogens with zero attached hydrogens (tertiary/aromatic N) is 1. The standard InChI is InChI=1S/C10H20NO2.ClH/c1-5-6-10(13)8-11(3,4)7-9(2)12;/h5-6,9,12H,7-8H2,1-4H3;1H/q+1;/p-1. The molecule has 0 heterocycles. The number of carbonyl (C=O) groups is 1. The molecule has 1 unspecified atom stereocenters. The van der Waals surface area contributed by atoms with Gasteiger partial charge in [0.05, 0.1) is 14.1 Å². The van der Waals surface area contributed by atoms with E-state index in [2.05, 4.69) is 0 Å². The van der Waals surface area contributed by atoms with Crippen LogP contribution in [0.2, 0.25) is 0 Å². The predicted molar refractivity (Wildman–Crippen MR) is 53.3 cm³/mol. The summed E-state index contributed by atoms with van der Waals surface area (Å²) in [5.74, 6) is 0.105. The highest BCUT2D eigenvalue weighted by atomic mass is 35.5. The highest BCUT2D eigenvalue weighted by Gasteiger charge is 2.20. The molecule has 0 aliphatic rings. The molecule has 14 heavy (non-hydrogen) atoms. The van der Waals surface area contributed by atoms with E-state index in [0.717, 1.165) is 0 Å². The van der Waals surface area contributed by atoms with Crippen LogP contribution in [-0.4, -0.2) is 48.7 Å². The molecule has 0 aliphatic heterocycles. The lowest BCUT2D eigenvalue weighted by Gasteiger charge is -2.29. The van der Waals surface area contributed by atoms with Crippen molar-refractivity contribution >= 4 is 5.78 Å². The zero-order valence-corrected chi connectivity index (χ0v) is 10.1. The van der Waals surface area contributed by atoms with Crippen LogP contribution < -0.4 is 12.4 Å². The molecule has 0 radical (unpaired) electrons. The van der Waals surface area contributed by atoms with Gasteiger partial charge >= 0.3 is 0 Å². The molecule has 0 spiro atoms. The van der Waals surface area contributed by atoms with Crippen LogP contribution in [0.3, 0.4) is 0 Å². The monoisotopic (exact) mass is 221 g/mol. The highest BCUT2D eigenvalue weighted by Crippen LogP contribution is 2.00. The Morgan fingerprint density at radius 2 is 2.00 bits per heavy atom. The topological polar surface area (TPSA) is 37.3 Å². The Labute approximate surface area is 92.4 Å². The number of hydrogen-bond acceptors (Lipinski definition) is 2. The van der Waals surface area contributed by atoms with Gasteiger partial charge in [0.2, 0.25) is 5.78 Å². The molecule has 0 aromatic carbocycles. The zero-order chi connectivity index (χ0) is 10.5. The van der Waals surface area contributed by atoms with Crippen molar-refractivity contribution in [3.05, 3.63) is 12.2 Å². The second-order valence-electron chi connectivity index (χ2n) is 4.09. The third-order valence-corrected chi connectivity index (χ3v) is 1.69. The molecule has 0 amide bonds. The number of halogens is 1. The molecule has 4 heteroatoms. The molecule has 3 nitrogen and oxygen atoms in total. The maximum atomic E-state index is 11.3. The first kappa shape index (κ1) is 16.1. The average Bonchev–Trinajstić information content (AvgIpc) is 1.81. The van der Waals surface area contributed by atoms with Gasteiger partial charge in [0.15, 0.2) is 0 Å². The van der Waals surface area contributed by atoms with Crippen molar-refractivity contribution < 1.29 is 26.8 Å². The fourth-order valence-electron chi connectivity index (χ4n) is 1.44. The first-order valence-electron chi connectivity index (χ1n) is 4.53. The summed E-state index contributed by atoms with van der Waals surface area (Å²) in [5, 5.41) is 9.19. The number of likely N-dealkylation sites (N-methyl/N-ethyl adjacent to an activating group) is 1. The fraction of sp³-hybridized carbons (Fsp3) is 0.700. The van der Waals surface area contributed by atoms with Crippen molar-refractivity contribution in [2.75, 3.05) is 27.2 Å². The summed E-state index contributed by atoms with van der Waals surface area (Å²) in [5.41, 5.74) is 0. The molecule has 1 N–H and O–H groups in total. The van der Waals surface area contributed by atoms with Crippen molar-refractivity contribution in [3.8, 4) is 0 Å². The Hall–Kier alpha value is -0.380. The first-order chi connectivity index (χ1) is 5.87. The molecule has 0 rings (SSSR count). The SMILES string of the molecule is CC=CC(=O)C[N+](C)(C)CC(C)O.[Cl-]. The minimum Gasteiger partial charge on any atom is -1.00 e. The summed E-state index contributed by atoms with van der Waals surface area (Å²) in [4.78, 5) is 11.3. The predicted octanol–water partition coefficient (Wildman–Crippen LogP) is -2.41. The Kier molecular flexibility index (Phi) is 8.01. The molecule has 0 saturated carbocycles. The molecular formula is C10H20ClNO2. The molecule has 84 valence electrons. The minimum absolute atomic E-state index is 0. The van der Waals surface area contributed by atoms with E-state index < -0.39 is 0 Å². The van der Waals surface area contributed by atoms with Gasteiger partial charge in [-0.05, 0) is 19.9 Å². The number of aliphatic hydroxyl groups excluding tert-OH is 1. The van der Waals surface area contributed by atoms with Crippen molar-refractivity contribution in [1.82, 2.24) is 0 Å². The Balaban J connectivity index is 0. The number of ketones is 1. The van der Waals surface area contributed by atoms with Gasteiger partial charge in [-0.2, -0.15) is 0 Å². The normalized spacial score (nSPS) is 13.8. The number of hydrogen-bond donors (Lipinski definition) is 1. The van der Waals surface area contributed by atoms with E-state index in [4.69, 9.17) is 0 Å². The summed E-state index contributed by atoms with van der Waals surface area (Å²) < 4.78 is 0.529. The van der Waals surface area contributed by atoms with Gasteiger partial charge in [-0.1, -0.05) is 6.08 Å². The van der Waals surface area contributed by atoms with Crippen LogP contribution in [0, 0.1) is 0 Å². The van der Waals surface area contributed by atoms with Gasteiger partial charge in [-0.15, -0.1) is 0 Å². The highest BCUT2D eigenvalue weighted by molar-refractivity contribution is 5.90. The smallest absolute Gasteiger partial charge is 0.209 e. The summed E-state index contributed by atoms with van der Waals surface area (Å²) >= 11 is 0. The lowest BCUT2D eigenvalue weighted by Crippen LogP contribution is -3.00. The molecule has 1 atom stereocenters. The van der Waals surface area contributed by atoms with Gasteiger partial charge in [0, 0.05) is 0 Å². The second kappa shape index (κ2) is 6.98. The van der Waals surface area contributed by atoms with Crippen LogP contribution in [0.15, 0.2) is 12.2 Å². The maximum absolute atomic E-state index is 11.3. The first-order valence-corrected chi connectivity index (χ1v) is 4.53. The molecule has 0 aliphatic carbocycles. The van der Waals surface area contributed by atoms with Gasteiger partial charge in [-0.25, -0.2) is 0 Å². The third kappa shape index (κ3) is 8.23. The van der Waals surface area contributed by atoms with Gasteiger partial charge in [0.1, 0.15) is 19.2 Å². The number of rotatable bonds is 5. The molecule has 0 aromatic heterocycles. The summed E-state index contributed by atoms with van der Waals surface area (Å²) in [6.45, 7) is 4.60. The van der Waals surface area contributed by atoms with E-state index in [9.17, 15) is 9.90 Å². The van der Waals surface area contributed by atoms with Crippen molar-refractivity contribution in [1.29, 1.82) is 0 Å². The lowest BCUT2D eigenvalue weighted by atomic mass is 10.2. The number of quaternary nitrogens is 1. The zero-order valence-electron chi connectivity index (χ0n) is 9.33. The number of carbonyl (C=O) groups excluding carboxylic acids is 1. The van der Waals surface area contributed by atoms with Crippen LogP contribution in [0.5, 0.6) is 0 Å². The van der Waals surface area contributed by atoms with E-state index >= 15 is 0 Å². The lowest BCUT2D eigenvalue weighted by molar-refractivity contribution is -0.885. The summed E-state index contributed by atoms with van der Waals surface area (Å²) in [6, 6.07) is 0. The molecule has 0 saturated heterocycles. The van der Waals surface area contributed by atoms with E-state index in [0.29, 0.717) is 17.6 Å². The summed E-state index contributed by atoms with van der Waals surface area (Å²) in [6.07, 6.45) is 2.95. The largest absolute Gasteiger partial charge is 1.00 e. The van der Waals surface area contributed by atoms with Gasteiger partial charge < -0.3 is 22.0 Å². The van der Waals surface area contributed by atoms with E-state index in [1.807, 2.05) is 21.0 Å². The van der Waals surface area contributed by atoms with E-state index in [1.54, 1.807) is 19.1 Å². The average molecular weight is 222 g/mol. The van der Waals surface area contributed by atoms with Crippen LogP contribution in [0.1, 0.15) is 13.8 Å². The van der Waals surface area contributed by atoms with E-state index in [-0.39, 0.29) is 24.3 Å². The van der Waals surface area contributed by atoms with Crippen molar-refractivity contribution in [2.45, 2.75) is 20.0 Å². The molecule has 0 aromatic rings. The Morgan fingerprint density at radius 3 is 2.36 bits per heavy atom. The maximum Gasteiger partial charge on any atom is 0.209 e. The van der Waals surface area contributed by atoms with Crippen molar-refractivity contribution in [2.24, 2.45) is 0 Å². The Bertz CT molecular complexity index is 200. The van der Waals surface area contributed by atoms with Crippen LogP contribution in [0.4, 0.5) is 0 Å². The van der Waals surface area contributed by atoms with Crippen LogP contribution in [0.25, 0.3) is 0 Å². The minimum atomic E-state index is -0.367. The van der Waals surface area contributed by atoms with Crippen molar-refractivity contribution in [3.63, 3.8) is 0 Å². The molecule has 0 bridgehead atoms. The number of aliphatic hydroxyl groups is 1. The molecule has 0 fully saturated rings. The quantitative estimate of drug-likeness (QED) is 0.415. The Morgan fingerprint density at radius 1 is 1.50 bits per heavy atom. The number of allylic oxidation sites excluding steroid dienone is 1. The third-order valence-electron chi connectivity index (χ3n) is 1.69.